The zero-order valence-electron chi connectivity index (χ0n) is 13.5. The Balaban J connectivity index is 1.91. The van der Waals surface area contributed by atoms with Gasteiger partial charge in [-0.1, -0.05) is 37.2 Å². The molecule has 3 aromatic rings. The number of aromatic amines is 2. The molecule has 2 heterocycles. The first-order valence-corrected chi connectivity index (χ1v) is 8.70. The summed E-state index contributed by atoms with van der Waals surface area (Å²) in [5.74, 6) is 0.562. The molecule has 0 unspecified atom stereocenters. The number of benzene rings is 1. The Morgan fingerprint density at radius 3 is 2.75 bits per heavy atom. The van der Waals surface area contributed by atoms with Crippen LogP contribution >= 0.6 is 11.8 Å². The molecule has 6 nitrogen and oxygen atoms in total. The third-order valence-electron chi connectivity index (χ3n) is 3.58. The quantitative estimate of drug-likeness (QED) is 0.549. The van der Waals surface area contributed by atoms with Crippen molar-refractivity contribution in [2.45, 2.75) is 37.1 Å². The van der Waals surface area contributed by atoms with Gasteiger partial charge in [-0.3, -0.25) is 9.59 Å². The maximum Gasteiger partial charge on any atom is 0.258 e. The molecule has 2 aromatic heterocycles. The second-order valence-corrected chi connectivity index (χ2v) is 6.85. The van der Waals surface area contributed by atoms with Gasteiger partial charge in [0, 0.05) is 11.8 Å². The van der Waals surface area contributed by atoms with Crippen molar-refractivity contribution >= 4 is 22.7 Å². The minimum absolute atomic E-state index is 0.151. The molecule has 0 aliphatic rings. The topological polar surface area (TPSA) is 91.5 Å². The van der Waals surface area contributed by atoms with Gasteiger partial charge >= 0.3 is 0 Å². The van der Waals surface area contributed by atoms with Crippen molar-refractivity contribution in [1.82, 2.24) is 19.9 Å². The van der Waals surface area contributed by atoms with E-state index < -0.39 is 0 Å². The maximum absolute atomic E-state index is 12.2. The van der Waals surface area contributed by atoms with Crippen LogP contribution in [-0.2, 0) is 6.42 Å². The fourth-order valence-corrected chi connectivity index (χ4v) is 3.33. The molecule has 0 aliphatic heterocycles. The van der Waals surface area contributed by atoms with Gasteiger partial charge in [0.15, 0.2) is 5.16 Å². The molecule has 0 aliphatic carbocycles. The largest absolute Gasteiger partial charge is 0.309 e. The number of aryl methyl sites for hydroxylation is 1. The van der Waals surface area contributed by atoms with Crippen molar-refractivity contribution in [2.24, 2.45) is 0 Å². The van der Waals surface area contributed by atoms with Gasteiger partial charge in [0.05, 0.1) is 16.2 Å². The molecule has 0 amide bonds. The Morgan fingerprint density at radius 1 is 1.17 bits per heavy atom. The molecular formula is C17H18N4O2S. The Bertz CT molecular complexity index is 980. The van der Waals surface area contributed by atoms with E-state index in [0.29, 0.717) is 21.9 Å². The highest BCUT2D eigenvalue weighted by Crippen LogP contribution is 2.30. The maximum atomic E-state index is 12.2. The van der Waals surface area contributed by atoms with Gasteiger partial charge in [0.2, 0.25) is 0 Å². The van der Waals surface area contributed by atoms with Crippen LogP contribution in [0.4, 0.5) is 0 Å². The third-order valence-corrected chi connectivity index (χ3v) is 4.58. The highest BCUT2D eigenvalue weighted by Gasteiger charge is 2.14. The van der Waals surface area contributed by atoms with Crippen LogP contribution in [0.25, 0.3) is 10.9 Å². The summed E-state index contributed by atoms with van der Waals surface area (Å²) in [4.78, 5) is 38.5. The molecule has 2 N–H and O–H groups in total. The summed E-state index contributed by atoms with van der Waals surface area (Å²) in [6.45, 7) is 3.96. The molecule has 124 valence electrons. The van der Waals surface area contributed by atoms with Crippen LogP contribution in [0.1, 0.15) is 37.0 Å². The zero-order valence-corrected chi connectivity index (χ0v) is 14.3. The van der Waals surface area contributed by atoms with Gasteiger partial charge in [-0.2, -0.15) is 0 Å². The monoisotopic (exact) mass is 342 g/mol. The Labute approximate surface area is 142 Å². The van der Waals surface area contributed by atoms with Crippen molar-refractivity contribution in [3.05, 3.63) is 62.6 Å². The molecule has 3 rings (SSSR count). The molecule has 24 heavy (non-hydrogen) atoms. The Hall–Kier alpha value is -2.41. The Kier molecular flexibility index (Phi) is 4.80. The number of fused-ring (bicyclic) bond motifs is 1. The standard InChI is InChI=1S/C17H18N4O2S/c1-3-6-11-9-14(22)20-17(18-11)24-10(2)15-19-13-8-5-4-7-12(13)16(23)21-15/h4-5,7-10H,3,6H2,1-2H3,(H,18,20,22)(H,19,21,23)/t10-/m0/s1. The van der Waals surface area contributed by atoms with E-state index in [1.54, 1.807) is 6.07 Å². The van der Waals surface area contributed by atoms with E-state index in [0.717, 1.165) is 18.5 Å². The van der Waals surface area contributed by atoms with Crippen molar-refractivity contribution in [1.29, 1.82) is 0 Å². The molecule has 0 bridgehead atoms. The summed E-state index contributed by atoms with van der Waals surface area (Å²) in [7, 11) is 0. The molecule has 0 saturated heterocycles. The van der Waals surface area contributed by atoms with E-state index in [4.69, 9.17) is 0 Å². The normalized spacial score (nSPS) is 12.4. The summed E-state index contributed by atoms with van der Waals surface area (Å²) in [5, 5.41) is 0.950. The lowest BCUT2D eigenvalue weighted by atomic mass is 10.2. The molecule has 1 atom stereocenters. The third kappa shape index (κ3) is 3.56. The summed E-state index contributed by atoms with van der Waals surface area (Å²) in [6.07, 6.45) is 1.69. The number of hydrogen-bond acceptors (Lipinski definition) is 5. The van der Waals surface area contributed by atoms with Gasteiger partial charge < -0.3 is 9.97 Å². The van der Waals surface area contributed by atoms with Crippen molar-refractivity contribution in [2.75, 3.05) is 0 Å². The van der Waals surface area contributed by atoms with Crippen molar-refractivity contribution in [3.8, 4) is 0 Å². The lowest BCUT2D eigenvalue weighted by Gasteiger charge is -2.11. The summed E-state index contributed by atoms with van der Waals surface area (Å²) in [6, 6.07) is 8.74. The van der Waals surface area contributed by atoms with Crippen LogP contribution in [0.3, 0.4) is 0 Å². The van der Waals surface area contributed by atoms with E-state index in [1.807, 2.05) is 32.0 Å². The molecule has 0 saturated carbocycles. The van der Waals surface area contributed by atoms with Gasteiger partial charge in [0.1, 0.15) is 5.82 Å². The van der Waals surface area contributed by atoms with E-state index >= 15 is 0 Å². The second-order valence-electron chi connectivity index (χ2n) is 5.52. The lowest BCUT2D eigenvalue weighted by Crippen LogP contribution is -2.14. The SMILES string of the molecule is CCCc1cc(=O)[nH]c(S[C@@H](C)c2nc3ccccc3c(=O)[nH]2)n1. The van der Waals surface area contributed by atoms with E-state index in [1.165, 1.54) is 17.8 Å². The van der Waals surface area contributed by atoms with E-state index in [-0.39, 0.29) is 16.4 Å². The summed E-state index contributed by atoms with van der Waals surface area (Å²) in [5.41, 5.74) is 1.10. The average Bonchev–Trinajstić information content (AvgIpc) is 2.54. The van der Waals surface area contributed by atoms with E-state index in [2.05, 4.69) is 19.9 Å². The predicted molar refractivity (Wildman–Crippen MR) is 95.5 cm³/mol. The number of aromatic nitrogens is 4. The molecule has 1 aromatic carbocycles. The van der Waals surface area contributed by atoms with E-state index in [9.17, 15) is 9.59 Å². The minimum atomic E-state index is -0.164. The van der Waals surface area contributed by atoms with Gasteiger partial charge in [-0.25, -0.2) is 9.97 Å². The lowest BCUT2D eigenvalue weighted by molar-refractivity contribution is 0.810. The number of thioether (sulfide) groups is 1. The first-order valence-electron chi connectivity index (χ1n) is 7.82. The predicted octanol–water partition coefficient (Wildman–Crippen LogP) is 2.81. The molecule has 0 spiro atoms. The fraction of sp³-hybridized carbons (Fsp3) is 0.294. The summed E-state index contributed by atoms with van der Waals surface area (Å²) < 4.78 is 0. The molecule has 0 fully saturated rings. The molecule has 0 radical (unpaired) electrons. The highest BCUT2D eigenvalue weighted by molar-refractivity contribution is 7.99. The van der Waals surface area contributed by atoms with Crippen molar-refractivity contribution in [3.63, 3.8) is 0 Å². The Morgan fingerprint density at radius 2 is 1.96 bits per heavy atom. The van der Waals surface area contributed by atoms with Gasteiger partial charge in [-0.15, -0.1) is 0 Å². The van der Waals surface area contributed by atoms with Gasteiger partial charge in [-0.05, 0) is 25.5 Å². The van der Waals surface area contributed by atoms with Crippen LogP contribution in [0, 0.1) is 0 Å². The first kappa shape index (κ1) is 16.4. The number of para-hydroxylation sites is 1. The smallest absolute Gasteiger partial charge is 0.258 e. The van der Waals surface area contributed by atoms with Crippen LogP contribution in [0.2, 0.25) is 0 Å². The highest BCUT2D eigenvalue weighted by atomic mass is 32.2. The summed E-state index contributed by atoms with van der Waals surface area (Å²) >= 11 is 1.37. The number of H-pyrrole nitrogens is 2. The molecular weight excluding hydrogens is 324 g/mol. The van der Waals surface area contributed by atoms with Crippen LogP contribution < -0.4 is 11.1 Å². The number of hydrogen-bond donors (Lipinski definition) is 2. The zero-order chi connectivity index (χ0) is 17.1. The van der Waals surface area contributed by atoms with Crippen molar-refractivity contribution < 1.29 is 0 Å². The minimum Gasteiger partial charge on any atom is -0.309 e. The first-order chi connectivity index (χ1) is 11.6. The van der Waals surface area contributed by atoms with Crippen LogP contribution in [0.5, 0.6) is 0 Å². The molecule has 7 heteroatoms. The number of rotatable bonds is 5. The van der Waals surface area contributed by atoms with Crippen LogP contribution in [-0.4, -0.2) is 19.9 Å². The average molecular weight is 342 g/mol. The van der Waals surface area contributed by atoms with Gasteiger partial charge in [0.25, 0.3) is 11.1 Å². The number of nitrogens with zero attached hydrogens (tertiary/aromatic N) is 2. The van der Waals surface area contributed by atoms with Crippen LogP contribution in [0.15, 0.2) is 45.1 Å². The second kappa shape index (κ2) is 7.00. The fourth-order valence-electron chi connectivity index (χ4n) is 2.44. The number of nitrogens with one attached hydrogen (secondary N) is 2.